The van der Waals surface area contributed by atoms with Crippen molar-refractivity contribution in [2.75, 3.05) is 4.90 Å². The van der Waals surface area contributed by atoms with E-state index in [9.17, 15) is 0 Å². The van der Waals surface area contributed by atoms with E-state index in [1.54, 1.807) is 0 Å². The number of anilines is 2. The summed E-state index contributed by atoms with van der Waals surface area (Å²) in [5.74, 6) is 8.13. The smallest absolute Gasteiger partial charge is 0.0519 e. The Labute approximate surface area is 318 Å². The number of hydrogen-bond donors (Lipinski definition) is 2. The van der Waals surface area contributed by atoms with Crippen molar-refractivity contribution in [1.82, 2.24) is 0 Å². The summed E-state index contributed by atoms with van der Waals surface area (Å²) in [5.41, 5.74) is 10.6. The van der Waals surface area contributed by atoms with Gasteiger partial charge in [0.05, 0.1) is 5.69 Å². The molecule has 8 rings (SSSR count). The van der Waals surface area contributed by atoms with Crippen LogP contribution < -0.4 is 16.6 Å². The third-order valence-electron chi connectivity index (χ3n) is 9.09. The summed E-state index contributed by atoms with van der Waals surface area (Å²) in [5, 5.41) is 2.68. The molecule has 0 fully saturated rings. The number of fused-ring (bicyclic) bond motifs is 4. The average molecular weight is 729 g/mol. The molecule has 49 heavy (non-hydrogen) atoms. The molecule has 1 aliphatic carbocycles. The SMILES string of the molecule is C=C1/C=C\C=C/N(c2[c-]c(C3=[C-]C=CCC3)ccc2)c2cccc(C(Cc3cccc4c3sc3ccccc34)c3ccccc3)c21.NN.[Y]. The maximum absolute atomic E-state index is 4.62. The van der Waals surface area contributed by atoms with Gasteiger partial charge in [0.2, 0.25) is 0 Å². The molecule has 1 aliphatic heterocycles. The number of nitrogens with two attached hydrogens (primary N) is 2. The molecule has 0 bridgehead atoms. The molecule has 4 N–H and O–H groups in total. The van der Waals surface area contributed by atoms with Gasteiger partial charge < -0.3 is 4.90 Å². The van der Waals surface area contributed by atoms with E-state index in [1.807, 2.05) is 17.4 Å². The number of thiophene rings is 1. The number of hydrazine groups is 1. The van der Waals surface area contributed by atoms with Crippen molar-refractivity contribution in [3.05, 3.63) is 192 Å². The third kappa shape index (κ3) is 7.12. The van der Waals surface area contributed by atoms with Gasteiger partial charge in [-0.25, -0.2) is 17.2 Å². The Bertz CT molecular complexity index is 2220. The van der Waals surface area contributed by atoms with Crippen LogP contribution in [0.5, 0.6) is 0 Å². The summed E-state index contributed by atoms with van der Waals surface area (Å²) in [6, 6.07) is 43.4. The topological polar surface area (TPSA) is 55.3 Å². The first-order valence-electron chi connectivity index (χ1n) is 16.3. The van der Waals surface area contributed by atoms with Crippen molar-refractivity contribution in [3.63, 3.8) is 0 Å². The van der Waals surface area contributed by atoms with Gasteiger partial charge in [0.1, 0.15) is 0 Å². The second kappa shape index (κ2) is 16.0. The maximum atomic E-state index is 4.62. The molecule has 5 aromatic carbocycles. The fourth-order valence-electron chi connectivity index (χ4n) is 6.89. The van der Waals surface area contributed by atoms with Crippen LogP contribution in [0.3, 0.4) is 0 Å². The van der Waals surface area contributed by atoms with Gasteiger partial charge >= 0.3 is 0 Å². The largest absolute Gasteiger partial charge is 0.336 e. The summed E-state index contributed by atoms with van der Waals surface area (Å²) >= 11 is 1.91. The van der Waals surface area contributed by atoms with Gasteiger partial charge in [0.25, 0.3) is 0 Å². The molecule has 1 unspecified atom stereocenters. The normalized spacial score (nSPS) is 15.6. The van der Waals surface area contributed by atoms with Gasteiger partial charge in [-0.2, -0.15) is 30.4 Å². The molecule has 239 valence electrons. The Morgan fingerprint density at radius 2 is 1.59 bits per heavy atom. The molecule has 3 nitrogen and oxygen atoms in total. The second-order valence-corrected chi connectivity index (χ2v) is 13.0. The Morgan fingerprint density at radius 1 is 0.816 bits per heavy atom. The van der Waals surface area contributed by atoms with E-state index >= 15 is 0 Å². The quantitative estimate of drug-likeness (QED) is 0.102. The monoisotopic (exact) mass is 728 g/mol. The minimum Gasteiger partial charge on any atom is -0.336 e. The van der Waals surface area contributed by atoms with Crippen LogP contribution in [0.25, 0.3) is 31.3 Å². The van der Waals surface area contributed by atoms with Crippen LogP contribution in [0.15, 0.2) is 152 Å². The predicted molar refractivity (Wildman–Crippen MR) is 206 cm³/mol. The molecule has 5 heteroatoms. The third-order valence-corrected chi connectivity index (χ3v) is 10.3. The molecule has 2 heterocycles. The molecule has 0 saturated heterocycles. The van der Waals surface area contributed by atoms with Gasteiger partial charge in [0.15, 0.2) is 0 Å². The average Bonchev–Trinajstić information content (AvgIpc) is 3.54. The summed E-state index contributed by atoms with van der Waals surface area (Å²) in [4.78, 5) is 2.27. The Balaban J connectivity index is 0.00000136. The van der Waals surface area contributed by atoms with Crippen LogP contribution in [0.1, 0.15) is 46.6 Å². The standard InChI is InChI=1S/C44H33NS.H4N2.Y/c1-31-15-10-11-28-45(36-22-12-20-34(29-36)32-16-4-2-5-17-32)41-26-14-24-38(43(31)41)40(33-18-6-3-7-19-33)30-35-21-13-25-39-37-23-8-9-27-42(37)46-44(35)39;1-2;/h2-4,6-15,18-28,40H,1,5,17,30H2;1-2H2;/q-2;;/b15-10-,28-11-;;. The molecule has 1 radical (unpaired) electrons. The molecule has 2 aliphatic rings. The summed E-state index contributed by atoms with van der Waals surface area (Å²) in [7, 11) is 0. The van der Waals surface area contributed by atoms with E-state index in [0.29, 0.717) is 0 Å². The van der Waals surface area contributed by atoms with Gasteiger partial charge in [0, 0.05) is 70.6 Å². The molecule has 0 amide bonds. The molecular weight excluding hydrogens is 691 g/mol. The van der Waals surface area contributed by atoms with E-state index in [2.05, 4.69) is 175 Å². The molecule has 6 aromatic rings. The van der Waals surface area contributed by atoms with E-state index in [0.717, 1.165) is 41.8 Å². The first kappa shape index (κ1) is 34.7. The Morgan fingerprint density at radius 3 is 2.43 bits per heavy atom. The molecule has 1 aromatic heterocycles. The summed E-state index contributed by atoms with van der Waals surface area (Å²) in [6.07, 6.45) is 19.0. The van der Waals surface area contributed by atoms with Crippen LogP contribution >= 0.6 is 11.3 Å². The zero-order valence-corrected chi connectivity index (χ0v) is 31.0. The molecule has 1 atom stereocenters. The summed E-state index contributed by atoms with van der Waals surface area (Å²) in [6.45, 7) is 4.62. The fourth-order valence-corrected chi connectivity index (χ4v) is 8.11. The molecule has 0 spiro atoms. The molecule has 0 saturated carbocycles. The van der Waals surface area contributed by atoms with E-state index in [4.69, 9.17) is 0 Å². The van der Waals surface area contributed by atoms with Crippen LogP contribution in [0.2, 0.25) is 0 Å². The molecular formula is C44H37N3SY-2. The van der Waals surface area contributed by atoms with Crippen LogP contribution in [0, 0.1) is 12.1 Å². The van der Waals surface area contributed by atoms with Gasteiger partial charge in [-0.15, -0.1) is 17.4 Å². The van der Waals surface area contributed by atoms with E-state index in [1.165, 1.54) is 48.0 Å². The zero-order valence-electron chi connectivity index (χ0n) is 27.3. The van der Waals surface area contributed by atoms with Crippen molar-refractivity contribution < 1.29 is 32.7 Å². The minimum atomic E-state index is 0. The fraction of sp³-hybridized carbons (Fsp3) is 0.0909. The van der Waals surface area contributed by atoms with Gasteiger partial charge in [-0.1, -0.05) is 116 Å². The van der Waals surface area contributed by atoms with Crippen molar-refractivity contribution in [2.45, 2.75) is 25.2 Å². The van der Waals surface area contributed by atoms with E-state index in [-0.39, 0.29) is 38.6 Å². The van der Waals surface area contributed by atoms with Crippen molar-refractivity contribution in [2.24, 2.45) is 11.7 Å². The number of allylic oxidation sites excluding steroid dienone is 8. The van der Waals surface area contributed by atoms with Crippen LogP contribution in [-0.4, -0.2) is 0 Å². The van der Waals surface area contributed by atoms with Crippen molar-refractivity contribution in [3.8, 4) is 0 Å². The van der Waals surface area contributed by atoms with Gasteiger partial charge in [-0.05, 0) is 46.9 Å². The van der Waals surface area contributed by atoms with E-state index < -0.39 is 0 Å². The predicted octanol–water partition coefficient (Wildman–Crippen LogP) is 10.8. The van der Waals surface area contributed by atoms with Crippen molar-refractivity contribution >= 4 is 54.0 Å². The number of rotatable bonds is 6. The number of benzene rings is 5. The number of hydrogen-bond acceptors (Lipinski definition) is 4. The first-order chi connectivity index (χ1) is 23.7. The first-order valence-corrected chi connectivity index (χ1v) is 17.1. The Kier molecular flexibility index (Phi) is 11.4. The summed E-state index contributed by atoms with van der Waals surface area (Å²) < 4.78 is 2.71. The van der Waals surface area contributed by atoms with Crippen molar-refractivity contribution in [1.29, 1.82) is 0 Å². The minimum absolute atomic E-state index is 0. The Hall–Kier alpha value is -4.16. The number of nitrogens with zero attached hydrogens (tertiary/aromatic N) is 1. The maximum Gasteiger partial charge on any atom is 0.0519 e. The zero-order chi connectivity index (χ0) is 32.9. The second-order valence-electron chi connectivity index (χ2n) is 11.9. The van der Waals surface area contributed by atoms with Gasteiger partial charge in [-0.3, -0.25) is 11.7 Å². The van der Waals surface area contributed by atoms with Crippen LogP contribution in [0.4, 0.5) is 11.4 Å². The van der Waals surface area contributed by atoms with Crippen LogP contribution in [-0.2, 0) is 39.1 Å².